The first-order valence-electron chi connectivity index (χ1n) is 13.1. The first kappa shape index (κ1) is 26.4. The molecule has 1 amide bonds. The number of aromatic nitrogens is 2. The number of benzene rings is 2. The van der Waals surface area contributed by atoms with E-state index in [9.17, 15) is 4.79 Å². The summed E-state index contributed by atoms with van der Waals surface area (Å²) in [5.41, 5.74) is 8.26. The number of anilines is 2. The van der Waals surface area contributed by atoms with Crippen molar-refractivity contribution in [2.24, 2.45) is 0 Å². The maximum absolute atomic E-state index is 12.1. The Morgan fingerprint density at radius 1 is 1.03 bits per heavy atom. The van der Waals surface area contributed by atoms with Crippen LogP contribution in [-0.4, -0.2) is 27.7 Å². The summed E-state index contributed by atoms with van der Waals surface area (Å²) in [5.74, 6) is 0.500. The number of hydrogen-bond acceptors (Lipinski definition) is 4. The summed E-state index contributed by atoms with van der Waals surface area (Å²) < 4.78 is 7.99. The van der Waals surface area contributed by atoms with Crippen LogP contribution in [0.1, 0.15) is 53.6 Å². The molecule has 2 N–H and O–H groups in total. The number of thiocarbonyl (C=S) groups is 1. The predicted molar refractivity (Wildman–Crippen MR) is 160 cm³/mol. The summed E-state index contributed by atoms with van der Waals surface area (Å²) in [6.07, 6.45) is 2.20. The van der Waals surface area contributed by atoms with E-state index in [1.54, 1.807) is 7.11 Å². The Morgan fingerprint density at radius 3 is 2.44 bits per heavy atom. The molecule has 5 rings (SSSR count). The summed E-state index contributed by atoms with van der Waals surface area (Å²) in [6, 6.07) is 21.8. The lowest BCUT2D eigenvalue weighted by Crippen LogP contribution is -2.30. The van der Waals surface area contributed by atoms with Gasteiger partial charge in [0.1, 0.15) is 5.75 Å². The zero-order chi connectivity index (χ0) is 27.7. The van der Waals surface area contributed by atoms with Crippen molar-refractivity contribution in [3.05, 3.63) is 101 Å². The van der Waals surface area contributed by atoms with E-state index in [2.05, 4.69) is 65.1 Å². The van der Waals surface area contributed by atoms with E-state index in [4.69, 9.17) is 21.9 Å². The second kappa shape index (κ2) is 10.9. The third kappa shape index (κ3) is 4.76. The van der Waals surface area contributed by atoms with Crippen LogP contribution in [0.15, 0.2) is 72.9 Å². The van der Waals surface area contributed by atoms with E-state index in [1.807, 2.05) is 55.6 Å². The van der Waals surface area contributed by atoms with Gasteiger partial charge < -0.3 is 24.8 Å². The van der Waals surface area contributed by atoms with Crippen molar-refractivity contribution in [1.82, 2.24) is 14.9 Å². The van der Waals surface area contributed by atoms with Gasteiger partial charge in [0, 0.05) is 47.0 Å². The average Bonchev–Trinajstić information content (AvgIpc) is 3.41. The van der Waals surface area contributed by atoms with Gasteiger partial charge in [-0.05, 0) is 75.0 Å². The Labute approximate surface area is 234 Å². The summed E-state index contributed by atoms with van der Waals surface area (Å²) >= 11 is 5.97. The van der Waals surface area contributed by atoms with Gasteiger partial charge in [-0.3, -0.25) is 9.78 Å². The average molecular weight is 540 g/mol. The van der Waals surface area contributed by atoms with Crippen LogP contribution < -0.4 is 20.3 Å². The van der Waals surface area contributed by atoms with Crippen molar-refractivity contribution >= 4 is 34.6 Å². The van der Waals surface area contributed by atoms with Crippen molar-refractivity contribution in [2.45, 2.75) is 46.2 Å². The number of carbonyl (C=O) groups is 1. The lowest BCUT2D eigenvalue weighted by Gasteiger charge is -2.29. The number of ether oxygens (including phenoxy) is 1. The summed E-state index contributed by atoms with van der Waals surface area (Å²) in [6.45, 7) is 8.33. The molecule has 7 nitrogen and oxygen atoms in total. The number of rotatable bonds is 7. The van der Waals surface area contributed by atoms with E-state index < -0.39 is 0 Å². The molecule has 200 valence electrons. The largest absolute Gasteiger partial charge is 0.494 e. The molecular weight excluding hydrogens is 506 g/mol. The van der Waals surface area contributed by atoms with Gasteiger partial charge in [-0.25, -0.2) is 0 Å². The highest BCUT2D eigenvalue weighted by atomic mass is 32.1. The van der Waals surface area contributed by atoms with Gasteiger partial charge in [0.2, 0.25) is 5.91 Å². The van der Waals surface area contributed by atoms with Crippen LogP contribution in [0.5, 0.6) is 5.75 Å². The molecule has 3 heterocycles. The maximum Gasteiger partial charge on any atom is 0.224 e. The van der Waals surface area contributed by atoms with Crippen molar-refractivity contribution in [1.29, 1.82) is 0 Å². The molecule has 2 atom stereocenters. The molecule has 4 aromatic rings. The smallest absolute Gasteiger partial charge is 0.224 e. The van der Waals surface area contributed by atoms with Gasteiger partial charge in [-0.2, -0.15) is 0 Å². The molecule has 0 radical (unpaired) electrons. The number of carbonyl (C=O) groups excluding carboxylic acids is 1. The Morgan fingerprint density at radius 2 is 1.77 bits per heavy atom. The Kier molecular flexibility index (Phi) is 7.39. The van der Waals surface area contributed by atoms with Crippen LogP contribution in [0, 0.1) is 20.8 Å². The Balaban J connectivity index is 1.68. The molecule has 39 heavy (non-hydrogen) atoms. The molecule has 0 saturated carbocycles. The Bertz CT molecular complexity index is 1520. The molecule has 1 aliphatic rings. The lowest BCUT2D eigenvalue weighted by molar-refractivity contribution is -0.115. The molecular formula is C31H33N5O2S. The minimum atomic E-state index is -0.174. The van der Waals surface area contributed by atoms with Gasteiger partial charge in [0.25, 0.3) is 0 Å². The van der Waals surface area contributed by atoms with Crippen molar-refractivity contribution in [3.63, 3.8) is 0 Å². The quantitative estimate of drug-likeness (QED) is 0.267. The van der Waals surface area contributed by atoms with Crippen molar-refractivity contribution in [3.8, 4) is 11.4 Å². The summed E-state index contributed by atoms with van der Waals surface area (Å²) in [5, 5.41) is 7.08. The van der Waals surface area contributed by atoms with Crippen LogP contribution in [0.3, 0.4) is 0 Å². The standard InChI is InChI=1S/C31H33N5O2S/c1-6-27(37)33-24-16-15-23(18-26(24)38-5)36-30(29(34-31(36)39)25-14-10-11-17-32-25)28-19(2)20(3)35(21(28)4)22-12-8-7-9-13-22/h7-18,29-30H,6H2,1-5H3,(H,33,37)(H,34,39)/t29-,30-/m0/s1. The van der Waals surface area contributed by atoms with Crippen LogP contribution in [0.25, 0.3) is 5.69 Å². The second-order valence-corrected chi connectivity index (χ2v) is 10.1. The van der Waals surface area contributed by atoms with Gasteiger partial charge in [0.15, 0.2) is 5.11 Å². The van der Waals surface area contributed by atoms with Gasteiger partial charge in [0.05, 0.1) is 30.6 Å². The van der Waals surface area contributed by atoms with E-state index in [1.165, 1.54) is 16.8 Å². The highest BCUT2D eigenvalue weighted by Gasteiger charge is 2.43. The molecule has 0 aliphatic carbocycles. The van der Waals surface area contributed by atoms with E-state index in [0.717, 1.165) is 22.8 Å². The molecule has 0 unspecified atom stereocenters. The first-order valence-corrected chi connectivity index (χ1v) is 13.5. The molecule has 2 aromatic heterocycles. The lowest BCUT2D eigenvalue weighted by atomic mass is 9.93. The van der Waals surface area contributed by atoms with Gasteiger partial charge in [-0.15, -0.1) is 0 Å². The number of hydrogen-bond donors (Lipinski definition) is 2. The molecule has 0 spiro atoms. The number of pyridine rings is 1. The minimum absolute atomic E-state index is 0.0727. The zero-order valence-electron chi connectivity index (χ0n) is 22.9. The Hall–Kier alpha value is -4.17. The number of para-hydroxylation sites is 1. The van der Waals surface area contributed by atoms with Crippen LogP contribution in [-0.2, 0) is 4.79 Å². The van der Waals surface area contributed by atoms with Gasteiger partial charge in [-0.1, -0.05) is 31.2 Å². The third-order valence-electron chi connectivity index (χ3n) is 7.47. The van der Waals surface area contributed by atoms with Crippen molar-refractivity contribution in [2.75, 3.05) is 17.3 Å². The number of nitrogens with zero attached hydrogens (tertiary/aromatic N) is 3. The third-order valence-corrected chi connectivity index (χ3v) is 7.79. The van der Waals surface area contributed by atoms with E-state index in [-0.39, 0.29) is 18.0 Å². The fourth-order valence-corrected chi connectivity index (χ4v) is 5.85. The van der Waals surface area contributed by atoms with Gasteiger partial charge >= 0.3 is 0 Å². The zero-order valence-corrected chi connectivity index (χ0v) is 23.7. The minimum Gasteiger partial charge on any atom is -0.494 e. The fourth-order valence-electron chi connectivity index (χ4n) is 5.50. The number of methoxy groups -OCH3 is 1. The molecule has 2 aromatic carbocycles. The number of nitrogens with one attached hydrogen (secondary N) is 2. The van der Waals surface area contributed by atoms with Crippen LogP contribution in [0.2, 0.25) is 0 Å². The highest BCUT2D eigenvalue weighted by molar-refractivity contribution is 7.80. The fraction of sp³-hybridized carbons (Fsp3) is 0.258. The normalized spacial score (nSPS) is 16.7. The van der Waals surface area contributed by atoms with E-state index >= 15 is 0 Å². The van der Waals surface area contributed by atoms with Crippen molar-refractivity contribution < 1.29 is 9.53 Å². The molecule has 1 aliphatic heterocycles. The van der Waals surface area contributed by atoms with Crippen LogP contribution in [0.4, 0.5) is 11.4 Å². The van der Waals surface area contributed by atoms with Crippen LogP contribution >= 0.6 is 12.2 Å². The SMILES string of the molecule is CCC(=O)Nc1ccc(N2C(=S)N[C@@H](c3ccccn3)[C@@H]2c2c(C)c(C)n(-c3ccccc3)c2C)cc1OC. The molecule has 1 saturated heterocycles. The highest BCUT2D eigenvalue weighted by Crippen LogP contribution is 2.46. The topological polar surface area (TPSA) is 71.4 Å². The first-order chi connectivity index (χ1) is 18.8. The maximum atomic E-state index is 12.1. The molecule has 1 fully saturated rings. The molecule has 0 bridgehead atoms. The number of amides is 1. The summed E-state index contributed by atoms with van der Waals surface area (Å²) in [4.78, 5) is 18.9. The summed E-state index contributed by atoms with van der Waals surface area (Å²) in [7, 11) is 1.60. The second-order valence-electron chi connectivity index (χ2n) is 9.66. The monoisotopic (exact) mass is 539 g/mol. The predicted octanol–water partition coefficient (Wildman–Crippen LogP) is 6.33. The molecule has 8 heteroatoms. The van der Waals surface area contributed by atoms with E-state index in [0.29, 0.717) is 23.0 Å².